The molecule has 2 aromatic carbocycles. The quantitative estimate of drug-likeness (QED) is 0.418. The third-order valence-corrected chi connectivity index (χ3v) is 5.27. The van der Waals surface area contributed by atoms with Crippen LogP contribution in [0.1, 0.15) is 28.2 Å². The molecule has 7 nitrogen and oxygen atoms in total. The highest BCUT2D eigenvalue weighted by molar-refractivity contribution is 5.92. The average molecular weight is 448 g/mol. The van der Waals surface area contributed by atoms with Crippen LogP contribution in [0.2, 0.25) is 0 Å². The molecular formula is C25H25FN4O3. The van der Waals surface area contributed by atoms with Gasteiger partial charge in [-0.15, -0.1) is 0 Å². The van der Waals surface area contributed by atoms with E-state index in [0.717, 1.165) is 17.0 Å². The summed E-state index contributed by atoms with van der Waals surface area (Å²) in [5, 5.41) is 11.4. The minimum Gasteiger partial charge on any atom is -0.365 e. The van der Waals surface area contributed by atoms with Gasteiger partial charge >= 0.3 is 0 Å². The van der Waals surface area contributed by atoms with Crippen LogP contribution in [-0.4, -0.2) is 27.5 Å². The van der Waals surface area contributed by atoms with Crippen LogP contribution in [0.15, 0.2) is 59.1 Å². The number of anilines is 1. The third-order valence-electron chi connectivity index (χ3n) is 5.27. The van der Waals surface area contributed by atoms with Crippen LogP contribution in [0.4, 0.5) is 10.1 Å². The van der Waals surface area contributed by atoms with Gasteiger partial charge in [-0.3, -0.25) is 9.48 Å². The molecule has 2 heterocycles. The zero-order valence-electron chi connectivity index (χ0n) is 18.8. The number of aryl methyl sites for hydroxylation is 2. The molecular weight excluding hydrogens is 423 g/mol. The molecule has 4 rings (SSSR count). The normalized spacial score (nSPS) is 11.0. The number of ether oxygens (including phenoxy) is 1. The number of rotatable bonds is 8. The summed E-state index contributed by atoms with van der Waals surface area (Å²) in [5.74, 6) is -0.0948. The summed E-state index contributed by atoms with van der Waals surface area (Å²) in [5.41, 5.74) is 5.91. The molecule has 0 saturated heterocycles. The van der Waals surface area contributed by atoms with Crippen molar-refractivity contribution < 1.29 is 18.4 Å². The van der Waals surface area contributed by atoms with Crippen LogP contribution in [0.25, 0.3) is 11.3 Å². The van der Waals surface area contributed by atoms with E-state index >= 15 is 0 Å². The van der Waals surface area contributed by atoms with Gasteiger partial charge in [-0.05, 0) is 50.6 Å². The van der Waals surface area contributed by atoms with Crippen molar-refractivity contribution in [3.63, 3.8) is 0 Å². The number of hydrogen-bond donors (Lipinski definition) is 1. The summed E-state index contributed by atoms with van der Waals surface area (Å²) < 4.78 is 25.7. The molecule has 170 valence electrons. The zero-order valence-corrected chi connectivity index (χ0v) is 18.8. The lowest BCUT2D eigenvalue weighted by molar-refractivity contribution is -0.121. The van der Waals surface area contributed by atoms with Crippen molar-refractivity contribution in [1.29, 1.82) is 0 Å². The molecule has 0 atom stereocenters. The summed E-state index contributed by atoms with van der Waals surface area (Å²) >= 11 is 0. The second kappa shape index (κ2) is 9.79. The third kappa shape index (κ3) is 5.53. The number of nitrogens with zero attached hydrogens (tertiary/aromatic N) is 3. The van der Waals surface area contributed by atoms with Gasteiger partial charge in [-0.2, -0.15) is 5.10 Å². The van der Waals surface area contributed by atoms with Gasteiger partial charge in [-0.1, -0.05) is 35.0 Å². The molecule has 0 aliphatic heterocycles. The molecule has 0 fully saturated rings. The maximum Gasteiger partial charge on any atom is 0.250 e. The van der Waals surface area contributed by atoms with Gasteiger partial charge < -0.3 is 14.6 Å². The molecule has 1 amide bonds. The number of carbonyl (C=O) groups is 1. The highest BCUT2D eigenvalue weighted by Gasteiger charge is 2.15. The minimum absolute atomic E-state index is 0.114. The summed E-state index contributed by atoms with van der Waals surface area (Å²) in [6.45, 7) is 6.44. The Bertz CT molecular complexity index is 1240. The Morgan fingerprint density at radius 1 is 1.09 bits per heavy atom. The molecule has 0 radical (unpaired) electrons. The van der Waals surface area contributed by atoms with E-state index in [2.05, 4.69) is 46.8 Å². The summed E-state index contributed by atoms with van der Waals surface area (Å²) in [6.07, 6.45) is 0. The summed E-state index contributed by atoms with van der Waals surface area (Å²) in [4.78, 5) is 12.4. The number of aromatic nitrogens is 3. The molecule has 0 saturated carbocycles. The Hall–Kier alpha value is -3.78. The van der Waals surface area contributed by atoms with Crippen molar-refractivity contribution in [2.24, 2.45) is 0 Å². The van der Waals surface area contributed by atoms with E-state index in [1.807, 2.05) is 18.5 Å². The van der Waals surface area contributed by atoms with Gasteiger partial charge in [0.25, 0.3) is 0 Å². The van der Waals surface area contributed by atoms with Crippen molar-refractivity contribution >= 4 is 11.6 Å². The molecule has 0 unspecified atom stereocenters. The van der Waals surface area contributed by atoms with E-state index in [4.69, 9.17) is 9.26 Å². The maximum absolute atomic E-state index is 13.1. The predicted molar refractivity (Wildman–Crippen MR) is 122 cm³/mol. The van der Waals surface area contributed by atoms with Crippen LogP contribution in [0.3, 0.4) is 0 Å². The summed E-state index contributed by atoms with van der Waals surface area (Å²) in [7, 11) is 0. The number of benzene rings is 2. The molecule has 0 bridgehead atoms. The monoisotopic (exact) mass is 448 g/mol. The second-order valence-electron chi connectivity index (χ2n) is 7.92. The highest BCUT2D eigenvalue weighted by Crippen LogP contribution is 2.22. The second-order valence-corrected chi connectivity index (χ2v) is 7.92. The first kappa shape index (κ1) is 22.4. The van der Waals surface area contributed by atoms with Crippen molar-refractivity contribution in [2.45, 2.75) is 33.9 Å². The van der Waals surface area contributed by atoms with Gasteiger partial charge in [0, 0.05) is 11.6 Å². The van der Waals surface area contributed by atoms with Crippen LogP contribution >= 0.6 is 0 Å². The average Bonchev–Trinajstić information content (AvgIpc) is 3.36. The van der Waals surface area contributed by atoms with Crippen LogP contribution in [-0.2, 0) is 22.7 Å². The topological polar surface area (TPSA) is 82.2 Å². The number of halogens is 1. The fraction of sp³-hybridized carbons (Fsp3) is 0.240. The van der Waals surface area contributed by atoms with E-state index in [9.17, 15) is 9.18 Å². The highest BCUT2D eigenvalue weighted by atomic mass is 19.1. The Morgan fingerprint density at radius 2 is 1.82 bits per heavy atom. The number of amides is 1. The molecule has 33 heavy (non-hydrogen) atoms. The lowest BCUT2D eigenvalue weighted by Gasteiger charge is -2.08. The Morgan fingerprint density at radius 3 is 2.55 bits per heavy atom. The molecule has 2 aromatic heterocycles. The predicted octanol–water partition coefficient (Wildman–Crippen LogP) is 4.81. The van der Waals surface area contributed by atoms with Gasteiger partial charge in [-0.25, -0.2) is 4.39 Å². The van der Waals surface area contributed by atoms with Gasteiger partial charge in [0.2, 0.25) is 5.91 Å². The zero-order chi connectivity index (χ0) is 23.4. The molecule has 0 spiro atoms. The lowest BCUT2D eigenvalue weighted by Crippen LogP contribution is -2.19. The van der Waals surface area contributed by atoms with Crippen LogP contribution in [0, 0.1) is 26.6 Å². The maximum atomic E-state index is 13.1. The van der Waals surface area contributed by atoms with E-state index in [1.165, 1.54) is 17.7 Å². The standard InChI is InChI=1S/C25H25FN4O3/c1-16-4-6-19(7-5-16)13-30-18(3)25(17(2)28-30)27-24(31)15-32-14-22-12-23(33-29-22)20-8-10-21(26)11-9-20/h4-12H,13-15H2,1-3H3,(H,27,31). The van der Waals surface area contributed by atoms with Gasteiger partial charge in [0.1, 0.15) is 18.1 Å². The van der Waals surface area contributed by atoms with Crippen molar-refractivity contribution in [3.05, 3.63) is 88.6 Å². The van der Waals surface area contributed by atoms with Crippen LogP contribution in [0.5, 0.6) is 0 Å². The van der Waals surface area contributed by atoms with Crippen molar-refractivity contribution in [1.82, 2.24) is 14.9 Å². The van der Waals surface area contributed by atoms with E-state index in [-0.39, 0.29) is 24.9 Å². The molecule has 4 aromatic rings. The molecule has 8 heteroatoms. The van der Waals surface area contributed by atoms with Crippen molar-refractivity contribution in [3.8, 4) is 11.3 Å². The largest absolute Gasteiger partial charge is 0.365 e. The Labute approximate surface area is 191 Å². The summed E-state index contributed by atoms with van der Waals surface area (Å²) in [6, 6.07) is 15.9. The minimum atomic E-state index is -0.320. The fourth-order valence-corrected chi connectivity index (χ4v) is 3.45. The number of carbonyl (C=O) groups excluding carboxylic acids is 1. The van der Waals surface area contributed by atoms with Gasteiger partial charge in [0.15, 0.2) is 5.76 Å². The first-order valence-electron chi connectivity index (χ1n) is 10.6. The first-order chi connectivity index (χ1) is 15.9. The Kier molecular flexibility index (Phi) is 6.65. The smallest absolute Gasteiger partial charge is 0.250 e. The molecule has 0 aliphatic rings. The lowest BCUT2D eigenvalue weighted by atomic mass is 10.1. The number of nitrogens with one attached hydrogen (secondary N) is 1. The van der Waals surface area contributed by atoms with Crippen molar-refractivity contribution in [2.75, 3.05) is 11.9 Å². The molecule has 1 N–H and O–H groups in total. The number of hydrogen-bond acceptors (Lipinski definition) is 5. The van der Waals surface area contributed by atoms with E-state index < -0.39 is 0 Å². The fourth-order valence-electron chi connectivity index (χ4n) is 3.45. The van der Waals surface area contributed by atoms with E-state index in [1.54, 1.807) is 18.2 Å². The van der Waals surface area contributed by atoms with Gasteiger partial charge in [0.05, 0.1) is 30.2 Å². The SMILES string of the molecule is Cc1ccc(Cn2nc(C)c(NC(=O)COCc3cc(-c4ccc(F)cc4)on3)c2C)cc1. The van der Waals surface area contributed by atoms with E-state index in [0.29, 0.717) is 29.2 Å². The van der Waals surface area contributed by atoms with Crippen LogP contribution < -0.4 is 5.32 Å². The Balaban J connectivity index is 1.31. The first-order valence-corrected chi connectivity index (χ1v) is 10.6. The molecule has 0 aliphatic carbocycles.